The van der Waals surface area contributed by atoms with Crippen LogP contribution in [0.4, 0.5) is 5.69 Å². The van der Waals surface area contributed by atoms with Gasteiger partial charge < -0.3 is 10.2 Å². The number of likely N-dealkylation sites (N-methyl/N-ethyl adjacent to an activating group) is 1. The summed E-state index contributed by atoms with van der Waals surface area (Å²) in [5.74, 6) is -0.910. The first-order valence-corrected chi connectivity index (χ1v) is 14.4. The summed E-state index contributed by atoms with van der Waals surface area (Å²) in [4.78, 5) is 27.8. The van der Waals surface area contributed by atoms with Crippen molar-refractivity contribution < 1.29 is 18.0 Å². The first-order chi connectivity index (χ1) is 17.5. The lowest BCUT2D eigenvalue weighted by molar-refractivity contribution is -0.139. The zero-order valence-electron chi connectivity index (χ0n) is 20.2. The van der Waals surface area contributed by atoms with Crippen molar-refractivity contribution in [2.75, 3.05) is 17.4 Å². The van der Waals surface area contributed by atoms with Crippen molar-refractivity contribution in [2.24, 2.45) is 0 Å². The minimum absolute atomic E-state index is 0.00473. The maximum Gasteiger partial charge on any atom is 0.264 e. The van der Waals surface area contributed by atoms with Crippen LogP contribution in [0.25, 0.3) is 0 Å². The molecule has 3 aromatic carbocycles. The van der Waals surface area contributed by atoms with Crippen molar-refractivity contribution >= 4 is 66.7 Å². The molecule has 7 nitrogen and oxygen atoms in total. The zero-order chi connectivity index (χ0) is 27.2. The van der Waals surface area contributed by atoms with Crippen LogP contribution in [0.1, 0.15) is 19.4 Å². The molecule has 0 aliphatic heterocycles. The lowest BCUT2D eigenvalue weighted by Crippen LogP contribution is -2.51. The standard InChI is InChI=1S/C26H26BrCl2N3O4S/c1-3-30-26(34)18(2)31(16-19-9-11-20(27)12-10-19)25(33)17-32(21-13-14-23(28)24(29)15-21)37(35,36)22-7-5-4-6-8-22/h4-15,18H,3,16-17H2,1-2H3,(H,30,34)/t18-/m0/s1. The van der Waals surface area contributed by atoms with E-state index in [1.807, 2.05) is 24.3 Å². The number of carbonyl (C=O) groups excluding carboxylic acids is 2. The second kappa shape index (κ2) is 12.8. The molecule has 0 bridgehead atoms. The predicted octanol–water partition coefficient (Wildman–Crippen LogP) is 5.50. The molecule has 1 atom stereocenters. The fraction of sp³-hybridized carbons (Fsp3) is 0.231. The quantitative estimate of drug-likeness (QED) is 0.322. The molecule has 2 amide bonds. The Balaban J connectivity index is 2.03. The van der Waals surface area contributed by atoms with Crippen molar-refractivity contribution in [2.45, 2.75) is 31.3 Å². The van der Waals surface area contributed by atoms with Gasteiger partial charge >= 0.3 is 0 Å². The zero-order valence-corrected chi connectivity index (χ0v) is 24.1. The number of anilines is 1. The van der Waals surface area contributed by atoms with Crippen LogP contribution in [0, 0.1) is 0 Å². The lowest BCUT2D eigenvalue weighted by atomic mass is 10.1. The van der Waals surface area contributed by atoms with E-state index in [1.54, 1.807) is 32.0 Å². The van der Waals surface area contributed by atoms with Crippen molar-refractivity contribution in [1.82, 2.24) is 10.2 Å². The van der Waals surface area contributed by atoms with E-state index >= 15 is 0 Å². The molecule has 0 saturated heterocycles. The van der Waals surface area contributed by atoms with E-state index < -0.39 is 28.5 Å². The number of rotatable bonds is 10. The second-order valence-corrected chi connectivity index (χ2v) is 11.7. The minimum atomic E-state index is -4.17. The highest BCUT2D eigenvalue weighted by Crippen LogP contribution is 2.31. The van der Waals surface area contributed by atoms with Crippen molar-refractivity contribution in [3.8, 4) is 0 Å². The molecule has 0 saturated carbocycles. The first-order valence-electron chi connectivity index (χ1n) is 11.4. The van der Waals surface area contributed by atoms with Gasteiger partial charge in [-0.25, -0.2) is 8.42 Å². The molecule has 0 fully saturated rings. The summed E-state index contributed by atoms with van der Waals surface area (Å²) in [6.07, 6.45) is 0. The molecular weight excluding hydrogens is 601 g/mol. The third-order valence-electron chi connectivity index (χ3n) is 5.59. The highest BCUT2D eigenvalue weighted by atomic mass is 79.9. The molecule has 0 unspecified atom stereocenters. The Morgan fingerprint density at radius 2 is 1.62 bits per heavy atom. The van der Waals surface area contributed by atoms with Crippen LogP contribution in [-0.4, -0.2) is 44.3 Å². The number of sulfonamides is 1. The van der Waals surface area contributed by atoms with Crippen LogP contribution in [0.5, 0.6) is 0 Å². The first kappa shape index (κ1) is 29.0. The van der Waals surface area contributed by atoms with Crippen LogP contribution in [-0.2, 0) is 26.2 Å². The summed E-state index contributed by atoms with van der Waals surface area (Å²) in [6, 6.07) is 18.6. The highest BCUT2D eigenvalue weighted by Gasteiger charge is 2.32. The average molecular weight is 627 g/mol. The van der Waals surface area contributed by atoms with Crippen LogP contribution < -0.4 is 9.62 Å². The minimum Gasteiger partial charge on any atom is -0.355 e. The topological polar surface area (TPSA) is 86.8 Å². The molecule has 37 heavy (non-hydrogen) atoms. The summed E-state index contributed by atoms with van der Waals surface area (Å²) >= 11 is 15.6. The number of nitrogens with zero attached hydrogens (tertiary/aromatic N) is 2. The lowest BCUT2D eigenvalue weighted by Gasteiger charge is -2.32. The molecule has 0 spiro atoms. The molecule has 196 valence electrons. The Morgan fingerprint density at radius 3 is 2.22 bits per heavy atom. The normalized spacial score (nSPS) is 12.0. The van der Waals surface area contributed by atoms with E-state index in [0.29, 0.717) is 6.54 Å². The summed E-state index contributed by atoms with van der Waals surface area (Å²) < 4.78 is 29.2. The Hall–Kier alpha value is -2.59. The number of hydrogen-bond donors (Lipinski definition) is 1. The Labute approximate surface area is 235 Å². The maximum atomic E-state index is 13.7. The molecule has 3 rings (SSSR count). The average Bonchev–Trinajstić information content (AvgIpc) is 2.88. The summed E-state index contributed by atoms with van der Waals surface area (Å²) in [5, 5.41) is 3.11. The van der Waals surface area contributed by atoms with E-state index in [1.165, 1.54) is 35.2 Å². The van der Waals surface area contributed by atoms with Crippen LogP contribution in [0.15, 0.2) is 82.2 Å². The fourth-order valence-corrected chi connectivity index (χ4v) is 5.56. The highest BCUT2D eigenvalue weighted by molar-refractivity contribution is 9.10. The number of hydrogen-bond acceptors (Lipinski definition) is 4. The van der Waals surface area contributed by atoms with Gasteiger partial charge in [0.1, 0.15) is 12.6 Å². The van der Waals surface area contributed by atoms with Gasteiger partial charge in [0.25, 0.3) is 10.0 Å². The molecule has 0 aliphatic rings. The van der Waals surface area contributed by atoms with Crippen LogP contribution >= 0.6 is 39.1 Å². The maximum absolute atomic E-state index is 13.7. The smallest absolute Gasteiger partial charge is 0.264 e. The van der Waals surface area contributed by atoms with Crippen LogP contribution in [0.2, 0.25) is 10.0 Å². The van der Waals surface area contributed by atoms with Gasteiger partial charge in [-0.3, -0.25) is 13.9 Å². The van der Waals surface area contributed by atoms with Crippen LogP contribution in [0.3, 0.4) is 0 Å². The largest absolute Gasteiger partial charge is 0.355 e. The Morgan fingerprint density at radius 1 is 0.973 bits per heavy atom. The number of benzene rings is 3. The number of amides is 2. The van der Waals surface area contributed by atoms with E-state index in [2.05, 4.69) is 21.2 Å². The monoisotopic (exact) mass is 625 g/mol. The van der Waals surface area contributed by atoms with Crippen molar-refractivity contribution in [1.29, 1.82) is 0 Å². The van der Waals surface area contributed by atoms with E-state index in [4.69, 9.17) is 23.2 Å². The molecule has 1 N–H and O–H groups in total. The SMILES string of the molecule is CCNC(=O)[C@H](C)N(Cc1ccc(Br)cc1)C(=O)CN(c1ccc(Cl)c(Cl)c1)S(=O)(=O)c1ccccc1. The van der Waals surface area contributed by atoms with Gasteiger partial charge in [-0.2, -0.15) is 0 Å². The second-order valence-electron chi connectivity index (χ2n) is 8.14. The van der Waals surface area contributed by atoms with Gasteiger partial charge in [0.15, 0.2) is 0 Å². The Bertz CT molecular complexity index is 1360. The molecule has 11 heteroatoms. The molecule has 0 heterocycles. The third kappa shape index (κ3) is 7.25. The summed E-state index contributed by atoms with van der Waals surface area (Å²) in [5.41, 5.74) is 0.945. The predicted molar refractivity (Wildman–Crippen MR) is 150 cm³/mol. The van der Waals surface area contributed by atoms with E-state index in [9.17, 15) is 18.0 Å². The van der Waals surface area contributed by atoms with E-state index in [0.717, 1.165) is 14.3 Å². The number of carbonyl (C=O) groups is 2. The van der Waals surface area contributed by atoms with Gasteiger partial charge in [0.05, 0.1) is 20.6 Å². The van der Waals surface area contributed by atoms with Crippen molar-refractivity contribution in [3.63, 3.8) is 0 Å². The third-order valence-corrected chi connectivity index (χ3v) is 8.64. The number of nitrogens with one attached hydrogen (secondary N) is 1. The van der Waals surface area contributed by atoms with Crippen molar-refractivity contribution in [3.05, 3.63) is 92.9 Å². The van der Waals surface area contributed by atoms with Gasteiger partial charge in [0.2, 0.25) is 11.8 Å². The number of halogens is 3. The molecular formula is C26H26BrCl2N3O4S. The van der Waals surface area contributed by atoms with Gasteiger partial charge in [-0.05, 0) is 61.9 Å². The molecule has 0 aromatic heterocycles. The molecule has 0 aliphatic carbocycles. The van der Waals surface area contributed by atoms with Gasteiger partial charge in [0, 0.05) is 17.6 Å². The van der Waals surface area contributed by atoms with Gasteiger partial charge in [-0.1, -0.05) is 69.5 Å². The summed E-state index contributed by atoms with van der Waals surface area (Å²) in [6.45, 7) is 3.32. The van der Waals surface area contributed by atoms with Gasteiger partial charge in [-0.15, -0.1) is 0 Å². The molecule has 0 radical (unpaired) electrons. The Kier molecular flexibility index (Phi) is 10.0. The fourth-order valence-electron chi connectivity index (χ4n) is 3.58. The molecule has 3 aromatic rings. The van der Waals surface area contributed by atoms with E-state index in [-0.39, 0.29) is 33.1 Å². The summed E-state index contributed by atoms with van der Waals surface area (Å²) in [7, 11) is -4.17.